The summed E-state index contributed by atoms with van der Waals surface area (Å²) in [5, 5.41) is 0. The lowest BCUT2D eigenvalue weighted by Crippen LogP contribution is -2.19. The quantitative estimate of drug-likeness (QED) is 0.417. The van der Waals surface area contributed by atoms with Crippen molar-refractivity contribution in [2.75, 3.05) is 13.7 Å². The van der Waals surface area contributed by atoms with Crippen LogP contribution in [0.2, 0.25) is 0 Å². The van der Waals surface area contributed by atoms with E-state index in [4.69, 9.17) is 4.74 Å². The Morgan fingerprint density at radius 2 is 1.65 bits per heavy atom. The number of thiazole rings is 1. The average Bonchev–Trinajstić information content (AvgIpc) is 3.09. The summed E-state index contributed by atoms with van der Waals surface area (Å²) in [5.74, 6) is -0.225. The van der Waals surface area contributed by atoms with E-state index in [-0.39, 0.29) is 5.91 Å². The highest BCUT2D eigenvalue weighted by atomic mass is 32.1. The van der Waals surface area contributed by atoms with Crippen LogP contribution < -0.4 is 4.80 Å². The summed E-state index contributed by atoms with van der Waals surface area (Å²) in [5.41, 5.74) is 6.57. The zero-order valence-corrected chi connectivity index (χ0v) is 18.9. The summed E-state index contributed by atoms with van der Waals surface area (Å²) in [7, 11) is 1.68. The van der Waals surface area contributed by atoms with Crippen LogP contribution in [-0.2, 0) is 17.7 Å². The van der Waals surface area contributed by atoms with Gasteiger partial charge in [-0.3, -0.25) is 4.79 Å². The molecule has 1 heterocycles. The van der Waals surface area contributed by atoms with Crippen molar-refractivity contribution < 1.29 is 9.53 Å². The molecular weight excluding hydrogens is 404 g/mol. The first-order valence-electron chi connectivity index (χ1n) is 10.4. The number of carbonyl (C=O) groups excluding carboxylic acids is 1. The zero-order valence-electron chi connectivity index (χ0n) is 18.1. The maximum absolute atomic E-state index is 12.9. The Balaban J connectivity index is 1.65. The molecule has 158 valence electrons. The molecule has 1 amide bonds. The Bertz CT molecular complexity index is 1270. The number of benzene rings is 3. The lowest BCUT2D eigenvalue weighted by atomic mass is 10.0. The highest BCUT2D eigenvalue weighted by molar-refractivity contribution is 7.16. The van der Waals surface area contributed by atoms with Crippen molar-refractivity contribution in [3.05, 3.63) is 99.3 Å². The molecule has 0 saturated carbocycles. The molecule has 0 spiro atoms. The molecular formula is C26H26N2O2S. The van der Waals surface area contributed by atoms with Gasteiger partial charge in [-0.2, -0.15) is 4.99 Å². The van der Waals surface area contributed by atoms with Crippen LogP contribution in [0.3, 0.4) is 0 Å². The van der Waals surface area contributed by atoms with Crippen molar-refractivity contribution in [2.45, 2.75) is 26.8 Å². The zero-order chi connectivity index (χ0) is 21.8. The first-order valence-corrected chi connectivity index (χ1v) is 11.2. The maximum Gasteiger partial charge on any atom is 0.279 e. The molecule has 0 bridgehead atoms. The molecule has 1 aromatic heterocycles. The number of ether oxygens (including phenoxy) is 1. The second-order valence-corrected chi connectivity index (χ2v) is 8.72. The van der Waals surface area contributed by atoms with E-state index in [0.717, 1.165) is 16.6 Å². The van der Waals surface area contributed by atoms with Crippen molar-refractivity contribution in [3.8, 4) is 0 Å². The van der Waals surface area contributed by atoms with Crippen molar-refractivity contribution >= 4 is 27.5 Å². The fourth-order valence-corrected chi connectivity index (χ4v) is 4.69. The molecule has 5 heteroatoms. The van der Waals surface area contributed by atoms with Crippen LogP contribution in [-0.4, -0.2) is 24.2 Å². The summed E-state index contributed by atoms with van der Waals surface area (Å²) in [6.07, 6.45) is 0.846. The Morgan fingerprint density at radius 1 is 0.968 bits per heavy atom. The van der Waals surface area contributed by atoms with E-state index in [2.05, 4.69) is 47.7 Å². The van der Waals surface area contributed by atoms with Gasteiger partial charge in [0.1, 0.15) is 0 Å². The van der Waals surface area contributed by atoms with Crippen LogP contribution in [0.4, 0.5) is 0 Å². The van der Waals surface area contributed by atoms with Crippen LogP contribution in [0.5, 0.6) is 0 Å². The van der Waals surface area contributed by atoms with Gasteiger partial charge in [0.05, 0.1) is 16.8 Å². The third-order valence-corrected chi connectivity index (χ3v) is 6.51. The van der Waals surface area contributed by atoms with Gasteiger partial charge >= 0.3 is 0 Å². The number of hydrogen-bond donors (Lipinski definition) is 0. The molecule has 4 aromatic rings. The summed E-state index contributed by atoms with van der Waals surface area (Å²) < 4.78 is 8.49. The monoisotopic (exact) mass is 430 g/mol. The number of rotatable bonds is 6. The van der Waals surface area contributed by atoms with E-state index < -0.39 is 0 Å². The largest absolute Gasteiger partial charge is 0.383 e. The third kappa shape index (κ3) is 4.84. The van der Waals surface area contributed by atoms with Gasteiger partial charge in [-0.15, -0.1) is 0 Å². The Morgan fingerprint density at radius 3 is 2.35 bits per heavy atom. The summed E-state index contributed by atoms with van der Waals surface area (Å²) in [4.78, 5) is 18.1. The number of hydrogen-bond acceptors (Lipinski definition) is 3. The van der Waals surface area contributed by atoms with E-state index in [1.165, 1.54) is 22.3 Å². The van der Waals surface area contributed by atoms with E-state index >= 15 is 0 Å². The lowest BCUT2D eigenvalue weighted by molar-refractivity contribution is 0.0997. The second kappa shape index (κ2) is 9.41. The molecule has 0 saturated heterocycles. The van der Waals surface area contributed by atoms with E-state index in [1.807, 2.05) is 42.5 Å². The molecule has 0 aliphatic heterocycles. The Hall–Kier alpha value is -3.02. The fraction of sp³-hybridized carbons (Fsp3) is 0.231. The first-order chi connectivity index (χ1) is 15.0. The number of fused-ring (bicyclic) bond motifs is 1. The van der Waals surface area contributed by atoms with Crippen molar-refractivity contribution in [1.82, 2.24) is 4.57 Å². The van der Waals surface area contributed by atoms with Crippen LogP contribution in [0, 0.1) is 13.8 Å². The van der Waals surface area contributed by atoms with E-state index in [1.54, 1.807) is 18.4 Å². The average molecular weight is 431 g/mol. The predicted molar refractivity (Wildman–Crippen MR) is 127 cm³/mol. The number of aromatic nitrogens is 1. The summed E-state index contributed by atoms with van der Waals surface area (Å²) in [6, 6.07) is 22.4. The topological polar surface area (TPSA) is 43.6 Å². The van der Waals surface area contributed by atoms with Gasteiger partial charge in [-0.25, -0.2) is 0 Å². The highest BCUT2D eigenvalue weighted by Crippen LogP contribution is 2.22. The Labute approximate surface area is 186 Å². The van der Waals surface area contributed by atoms with Crippen molar-refractivity contribution in [1.29, 1.82) is 0 Å². The standard InChI is InChI=1S/C26H26N2O2S/c1-18-15-23-24(16-19(18)2)31-26(28(23)13-14-30-3)27-25(29)22-11-9-21(10-12-22)17-20-7-5-4-6-8-20/h4-12,15-16H,13-14,17H2,1-3H3. The molecule has 0 unspecified atom stereocenters. The van der Waals surface area contributed by atoms with E-state index in [0.29, 0.717) is 23.5 Å². The number of carbonyl (C=O) groups is 1. The molecule has 0 N–H and O–H groups in total. The maximum atomic E-state index is 12.9. The van der Waals surface area contributed by atoms with Gasteiger partial charge in [0.15, 0.2) is 4.80 Å². The Kier molecular flexibility index (Phi) is 6.44. The number of methoxy groups -OCH3 is 1. The van der Waals surface area contributed by atoms with Crippen molar-refractivity contribution in [3.63, 3.8) is 0 Å². The van der Waals surface area contributed by atoms with Gasteiger partial charge in [0, 0.05) is 19.2 Å². The fourth-order valence-electron chi connectivity index (χ4n) is 3.55. The highest BCUT2D eigenvalue weighted by Gasteiger charge is 2.11. The second-order valence-electron chi connectivity index (χ2n) is 7.71. The molecule has 4 nitrogen and oxygen atoms in total. The van der Waals surface area contributed by atoms with Crippen LogP contribution in [0.25, 0.3) is 10.2 Å². The number of nitrogens with zero attached hydrogens (tertiary/aromatic N) is 2. The van der Waals surface area contributed by atoms with Gasteiger partial charge < -0.3 is 9.30 Å². The molecule has 0 atom stereocenters. The van der Waals surface area contributed by atoms with Gasteiger partial charge in [0.2, 0.25) is 0 Å². The third-order valence-electron chi connectivity index (χ3n) is 5.47. The lowest BCUT2D eigenvalue weighted by Gasteiger charge is -2.06. The minimum atomic E-state index is -0.225. The minimum Gasteiger partial charge on any atom is -0.383 e. The molecule has 31 heavy (non-hydrogen) atoms. The molecule has 0 fully saturated rings. The SMILES string of the molecule is COCCn1c(=NC(=O)c2ccc(Cc3ccccc3)cc2)sc2cc(C)c(C)cc21. The molecule has 3 aromatic carbocycles. The predicted octanol–water partition coefficient (Wildman–Crippen LogP) is 5.30. The van der Waals surface area contributed by atoms with Crippen LogP contribution in [0.1, 0.15) is 32.6 Å². The van der Waals surface area contributed by atoms with Crippen LogP contribution in [0.15, 0.2) is 71.7 Å². The van der Waals surface area contributed by atoms with E-state index in [9.17, 15) is 4.79 Å². The minimum absolute atomic E-state index is 0.225. The summed E-state index contributed by atoms with van der Waals surface area (Å²) in [6.45, 7) is 5.43. The van der Waals surface area contributed by atoms with Gasteiger partial charge in [-0.1, -0.05) is 53.8 Å². The normalized spacial score (nSPS) is 11.9. The number of aryl methyl sites for hydroxylation is 2. The molecule has 4 rings (SSSR count). The smallest absolute Gasteiger partial charge is 0.279 e. The van der Waals surface area contributed by atoms with Gasteiger partial charge in [0.25, 0.3) is 5.91 Å². The van der Waals surface area contributed by atoms with Gasteiger partial charge in [-0.05, 0) is 66.8 Å². The van der Waals surface area contributed by atoms with Crippen LogP contribution >= 0.6 is 11.3 Å². The van der Waals surface area contributed by atoms with Crippen molar-refractivity contribution in [2.24, 2.45) is 4.99 Å². The molecule has 0 aliphatic carbocycles. The number of amides is 1. The first kappa shape index (κ1) is 21.2. The summed E-state index contributed by atoms with van der Waals surface area (Å²) >= 11 is 1.55. The molecule has 0 aliphatic rings. The molecule has 0 radical (unpaired) electrons.